The number of carbonyl (C=O) groups is 1. The molecule has 1 unspecified atom stereocenters. The molecule has 1 N–H and O–H groups in total. The summed E-state index contributed by atoms with van der Waals surface area (Å²) in [5.74, 6) is -1.64. The van der Waals surface area contributed by atoms with E-state index in [2.05, 4.69) is 0 Å². The van der Waals surface area contributed by atoms with Crippen molar-refractivity contribution in [3.63, 3.8) is 0 Å². The Bertz CT molecular complexity index is 289. The molecule has 0 spiro atoms. The van der Waals surface area contributed by atoms with Crippen LogP contribution in [0.5, 0.6) is 0 Å². The Kier molecular flexibility index (Phi) is 2.91. The predicted octanol–water partition coefficient (Wildman–Crippen LogP) is 0.352. The van der Waals surface area contributed by atoms with Gasteiger partial charge in [-0.15, -0.1) is 0 Å². The van der Waals surface area contributed by atoms with Crippen molar-refractivity contribution in [1.29, 1.82) is 0 Å². The monoisotopic (exact) mass is 232 g/mol. The van der Waals surface area contributed by atoms with Gasteiger partial charge in [-0.2, -0.15) is 0 Å². The highest BCUT2D eigenvalue weighted by molar-refractivity contribution is 5.67. The second-order valence-corrected chi connectivity index (χ2v) is 4.44. The van der Waals surface area contributed by atoms with Gasteiger partial charge in [-0.25, -0.2) is 0 Å². The number of aliphatic carboxylic acids is 1. The van der Waals surface area contributed by atoms with E-state index in [0.29, 0.717) is 0 Å². The highest BCUT2D eigenvalue weighted by Gasteiger charge is 2.55. The first-order valence-corrected chi connectivity index (χ1v) is 5.18. The molecule has 0 amide bonds. The zero-order valence-electron chi connectivity index (χ0n) is 9.50. The van der Waals surface area contributed by atoms with Crippen molar-refractivity contribution >= 4 is 5.97 Å². The Labute approximate surface area is 93.4 Å². The highest BCUT2D eigenvalue weighted by Crippen LogP contribution is 2.39. The van der Waals surface area contributed by atoms with Crippen LogP contribution in [0.1, 0.15) is 20.3 Å². The lowest BCUT2D eigenvalue weighted by Crippen LogP contribution is -2.31. The van der Waals surface area contributed by atoms with Crippen molar-refractivity contribution < 1.29 is 28.8 Å². The fourth-order valence-electron chi connectivity index (χ4n) is 2.17. The summed E-state index contributed by atoms with van der Waals surface area (Å²) in [6.07, 6.45) is -1.92. The molecule has 2 fully saturated rings. The fourth-order valence-corrected chi connectivity index (χ4v) is 2.17. The molecule has 16 heavy (non-hydrogen) atoms. The minimum absolute atomic E-state index is 0.111. The molecular weight excluding hydrogens is 216 g/mol. The van der Waals surface area contributed by atoms with Gasteiger partial charge < -0.3 is 24.1 Å². The fraction of sp³-hybridized carbons (Fsp3) is 0.900. The van der Waals surface area contributed by atoms with Crippen LogP contribution in [0, 0.1) is 0 Å². The SMILES string of the molecule is COC1O[C@H](CC(=O)O)[C@H]2OC(C)(C)O[C@@H]12. The van der Waals surface area contributed by atoms with Gasteiger partial charge in [-0.1, -0.05) is 0 Å². The van der Waals surface area contributed by atoms with Gasteiger partial charge in [-0.3, -0.25) is 4.79 Å². The largest absolute Gasteiger partial charge is 0.481 e. The van der Waals surface area contributed by atoms with Crippen LogP contribution in [0.4, 0.5) is 0 Å². The Morgan fingerprint density at radius 3 is 2.56 bits per heavy atom. The second kappa shape index (κ2) is 3.96. The van der Waals surface area contributed by atoms with Crippen LogP contribution in [0.15, 0.2) is 0 Å². The molecule has 92 valence electrons. The minimum atomic E-state index is -0.922. The van der Waals surface area contributed by atoms with Gasteiger partial charge >= 0.3 is 5.97 Å². The van der Waals surface area contributed by atoms with Crippen molar-refractivity contribution in [2.24, 2.45) is 0 Å². The summed E-state index contributed by atoms with van der Waals surface area (Å²) in [6, 6.07) is 0. The van der Waals surface area contributed by atoms with Crippen molar-refractivity contribution in [2.75, 3.05) is 7.11 Å². The van der Waals surface area contributed by atoms with Gasteiger partial charge in [0.2, 0.25) is 0 Å². The third-order valence-electron chi connectivity index (χ3n) is 2.72. The molecule has 6 nitrogen and oxygen atoms in total. The molecule has 2 aliphatic heterocycles. The number of carboxylic acid groups (broad SMARTS) is 1. The van der Waals surface area contributed by atoms with E-state index < -0.39 is 24.2 Å². The average molecular weight is 232 g/mol. The van der Waals surface area contributed by atoms with Gasteiger partial charge in [0.25, 0.3) is 0 Å². The molecule has 0 aromatic heterocycles. The third-order valence-corrected chi connectivity index (χ3v) is 2.72. The average Bonchev–Trinajstić information content (AvgIpc) is 2.60. The lowest BCUT2D eigenvalue weighted by molar-refractivity contribution is -0.228. The quantitative estimate of drug-likeness (QED) is 0.757. The van der Waals surface area contributed by atoms with Crippen molar-refractivity contribution in [1.82, 2.24) is 0 Å². The Hall–Kier alpha value is -0.690. The summed E-state index contributed by atoms with van der Waals surface area (Å²) in [5.41, 5.74) is 0. The highest BCUT2D eigenvalue weighted by atomic mass is 16.8. The standard InChI is InChI=1S/C10H16O6/c1-10(2)15-7-5(4-6(11)12)14-9(13-3)8(7)16-10/h5,7-9H,4H2,1-3H3,(H,11,12)/t5-,7-,8-,9?/m1/s1. The molecule has 0 bridgehead atoms. The molecule has 0 aromatic rings. The normalized spacial score (nSPS) is 40.9. The van der Waals surface area contributed by atoms with E-state index in [0.717, 1.165) is 0 Å². The number of hydrogen-bond acceptors (Lipinski definition) is 5. The van der Waals surface area contributed by atoms with Crippen LogP contribution in [0.2, 0.25) is 0 Å². The molecule has 2 aliphatic rings. The van der Waals surface area contributed by atoms with Gasteiger partial charge in [0.05, 0.1) is 6.42 Å². The minimum Gasteiger partial charge on any atom is -0.481 e. The Morgan fingerprint density at radius 1 is 1.38 bits per heavy atom. The van der Waals surface area contributed by atoms with E-state index in [4.69, 9.17) is 24.1 Å². The smallest absolute Gasteiger partial charge is 0.306 e. The van der Waals surface area contributed by atoms with Gasteiger partial charge in [0.1, 0.15) is 18.3 Å². The molecule has 2 heterocycles. The summed E-state index contributed by atoms with van der Waals surface area (Å²) >= 11 is 0. The second-order valence-electron chi connectivity index (χ2n) is 4.44. The number of methoxy groups -OCH3 is 1. The van der Waals surface area contributed by atoms with Gasteiger partial charge in [0, 0.05) is 7.11 Å². The van der Waals surface area contributed by atoms with E-state index in [1.54, 1.807) is 13.8 Å². The molecule has 2 saturated heterocycles. The third kappa shape index (κ3) is 2.06. The lowest BCUT2D eigenvalue weighted by atomic mass is 10.1. The predicted molar refractivity (Wildman–Crippen MR) is 51.7 cm³/mol. The van der Waals surface area contributed by atoms with Crippen LogP contribution in [0.3, 0.4) is 0 Å². The van der Waals surface area contributed by atoms with E-state index in [1.165, 1.54) is 7.11 Å². The molecule has 2 rings (SSSR count). The molecule has 6 heteroatoms. The Balaban J connectivity index is 2.11. The summed E-state index contributed by atoms with van der Waals surface area (Å²) in [7, 11) is 1.50. The number of rotatable bonds is 3. The molecule has 0 saturated carbocycles. The van der Waals surface area contributed by atoms with Crippen LogP contribution in [0.25, 0.3) is 0 Å². The number of fused-ring (bicyclic) bond motifs is 1. The maximum atomic E-state index is 10.7. The molecule has 0 radical (unpaired) electrons. The van der Waals surface area contributed by atoms with Crippen LogP contribution >= 0.6 is 0 Å². The number of carboxylic acids is 1. The molecular formula is C10H16O6. The van der Waals surface area contributed by atoms with E-state index in [9.17, 15) is 4.79 Å². The van der Waals surface area contributed by atoms with E-state index in [1.807, 2.05) is 0 Å². The molecule has 0 aliphatic carbocycles. The molecule has 4 atom stereocenters. The van der Waals surface area contributed by atoms with Crippen molar-refractivity contribution in [3.05, 3.63) is 0 Å². The summed E-state index contributed by atoms with van der Waals surface area (Å²) in [6.45, 7) is 3.58. The number of hydrogen-bond donors (Lipinski definition) is 1. The first-order valence-electron chi connectivity index (χ1n) is 5.18. The summed E-state index contributed by atoms with van der Waals surface area (Å²) in [4.78, 5) is 10.7. The zero-order chi connectivity index (χ0) is 11.9. The topological polar surface area (TPSA) is 74.2 Å². The van der Waals surface area contributed by atoms with Crippen LogP contribution < -0.4 is 0 Å². The van der Waals surface area contributed by atoms with Crippen molar-refractivity contribution in [2.45, 2.75) is 50.7 Å². The van der Waals surface area contributed by atoms with Gasteiger partial charge in [0.15, 0.2) is 12.1 Å². The van der Waals surface area contributed by atoms with Crippen LogP contribution in [-0.4, -0.2) is 48.6 Å². The summed E-state index contributed by atoms with van der Waals surface area (Å²) < 4.78 is 21.8. The summed E-state index contributed by atoms with van der Waals surface area (Å²) in [5, 5.41) is 8.77. The first kappa shape index (κ1) is 11.8. The number of ether oxygens (including phenoxy) is 4. The van der Waals surface area contributed by atoms with Crippen molar-refractivity contribution in [3.8, 4) is 0 Å². The first-order chi connectivity index (χ1) is 7.43. The Morgan fingerprint density at radius 2 is 2.00 bits per heavy atom. The lowest BCUT2D eigenvalue weighted by Gasteiger charge is -2.22. The van der Waals surface area contributed by atoms with Gasteiger partial charge in [-0.05, 0) is 13.8 Å². The maximum Gasteiger partial charge on any atom is 0.306 e. The van der Waals surface area contributed by atoms with E-state index >= 15 is 0 Å². The van der Waals surface area contributed by atoms with Crippen LogP contribution in [-0.2, 0) is 23.7 Å². The molecule has 0 aromatic carbocycles. The maximum absolute atomic E-state index is 10.7. The van der Waals surface area contributed by atoms with E-state index in [-0.39, 0.29) is 18.6 Å². The zero-order valence-corrected chi connectivity index (χ0v) is 9.50.